The molecule has 0 spiro atoms. The van der Waals surface area contributed by atoms with E-state index in [2.05, 4.69) is 4.98 Å². The van der Waals surface area contributed by atoms with Gasteiger partial charge in [0.1, 0.15) is 0 Å². The van der Waals surface area contributed by atoms with Gasteiger partial charge in [-0.05, 0) is 29.1 Å². The fraction of sp³-hybridized carbons (Fsp3) is 0.0952. The number of rotatable bonds is 6. The Hall–Kier alpha value is -2.90. The maximum Gasteiger partial charge on any atom is 0.240 e. The third-order valence-corrected chi connectivity index (χ3v) is 6.75. The highest BCUT2D eigenvalue weighted by Gasteiger charge is 2.30. The lowest BCUT2D eigenvalue weighted by Crippen LogP contribution is -2.18. The van der Waals surface area contributed by atoms with Gasteiger partial charge >= 0.3 is 0 Å². The summed E-state index contributed by atoms with van der Waals surface area (Å²) in [6.07, 6.45) is 0. The van der Waals surface area contributed by atoms with Crippen LogP contribution in [0, 0.1) is 0 Å². The van der Waals surface area contributed by atoms with E-state index in [-0.39, 0.29) is 15.8 Å². The first-order valence-electron chi connectivity index (χ1n) is 8.65. The summed E-state index contributed by atoms with van der Waals surface area (Å²) in [6.45, 7) is 0.497. The van der Waals surface area contributed by atoms with Crippen LogP contribution in [-0.2, 0) is 16.4 Å². The molecule has 2 heterocycles. The van der Waals surface area contributed by atoms with E-state index in [4.69, 9.17) is 4.42 Å². The highest BCUT2D eigenvalue weighted by atomic mass is 32.2. The van der Waals surface area contributed by atoms with Gasteiger partial charge in [-0.3, -0.25) is 0 Å². The fourth-order valence-corrected chi connectivity index (χ4v) is 4.88. The van der Waals surface area contributed by atoms with Crippen LogP contribution in [0.2, 0.25) is 0 Å². The van der Waals surface area contributed by atoms with E-state index in [1.165, 1.54) is 11.3 Å². The molecule has 4 rings (SSSR count). The van der Waals surface area contributed by atoms with Gasteiger partial charge in [0.2, 0.25) is 26.6 Å². The number of oxazole rings is 1. The van der Waals surface area contributed by atoms with Crippen molar-refractivity contribution in [2.75, 3.05) is 11.9 Å². The number of hydrogen-bond acceptors (Lipinski definition) is 6. The standard InChI is InChI=1S/C21H18N2O3S2/c1-23(15-16-9-4-2-5-10-16)21-20(22-19(26-21)18-13-8-14-27-18)28(24,25)17-11-6-3-7-12-17/h2-14H,15H2,1H3. The SMILES string of the molecule is CN(Cc1ccccc1)c1oc(-c2cccs2)nc1S(=O)(=O)c1ccccc1. The number of aromatic nitrogens is 1. The third-order valence-electron chi connectivity index (χ3n) is 4.23. The van der Waals surface area contributed by atoms with Crippen LogP contribution in [0.4, 0.5) is 5.88 Å². The van der Waals surface area contributed by atoms with Crippen LogP contribution in [-0.4, -0.2) is 20.4 Å². The van der Waals surface area contributed by atoms with Crippen LogP contribution >= 0.6 is 11.3 Å². The molecular weight excluding hydrogens is 392 g/mol. The van der Waals surface area contributed by atoms with E-state index >= 15 is 0 Å². The molecule has 0 saturated carbocycles. The molecule has 0 fully saturated rings. The monoisotopic (exact) mass is 410 g/mol. The topological polar surface area (TPSA) is 63.4 Å². The summed E-state index contributed by atoms with van der Waals surface area (Å²) < 4.78 is 32.4. The molecule has 0 radical (unpaired) electrons. The molecule has 0 amide bonds. The summed E-state index contributed by atoms with van der Waals surface area (Å²) in [5, 5.41) is 1.83. The second-order valence-electron chi connectivity index (χ2n) is 6.26. The van der Waals surface area contributed by atoms with E-state index in [1.54, 1.807) is 42.3 Å². The summed E-state index contributed by atoms with van der Waals surface area (Å²) in [4.78, 5) is 7.12. The normalized spacial score (nSPS) is 11.5. The molecule has 0 saturated heterocycles. The summed E-state index contributed by atoms with van der Waals surface area (Å²) in [6, 6.07) is 21.8. The lowest BCUT2D eigenvalue weighted by atomic mass is 10.2. The second-order valence-corrected chi connectivity index (χ2v) is 9.08. The van der Waals surface area contributed by atoms with E-state index in [1.807, 2.05) is 47.8 Å². The van der Waals surface area contributed by atoms with Gasteiger partial charge in [-0.15, -0.1) is 11.3 Å². The van der Waals surface area contributed by atoms with Gasteiger partial charge in [0.25, 0.3) is 0 Å². The number of benzene rings is 2. The predicted octanol–water partition coefficient (Wildman–Crippen LogP) is 4.87. The smallest absolute Gasteiger partial charge is 0.240 e. The summed E-state index contributed by atoms with van der Waals surface area (Å²) in [5.41, 5.74) is 1.04. The van der Waals surface area contributed by atoms with Crippen LogP contribution in [0.3, 0.4) is 0 Å². The molecule has 2 aromatic heterocycles. The zero-order valence-corrected chi connectivity index (χ0v) is 16.8. The van der Waals surface area contributed by atoms with Crippen LogP contribution in [0.1, 0.15) is 5.56 Å². The molecule has 0 bridgehead atoms. The molecule has 0 aliphatic rings. The molecule has 7 heteroatoms. The van der Waals surface area contributed by atoms with E-state index < -0.39 is 9.84 Å². The predicted molar refractivity (Wildman–Crippen MR) is 110 cm³/mol. The summed E-state index contributed by atoms with van der Waals surface area (Å²) in [5.74, 6) is 0.538. The van der Waals surface area contributed by atoms with Crippen molar-refractivity contribution < 1.29 is 12.8 Å². The van der Waals surface area contributed by atoms with Crippen molar-refractivity contribution >= 4 is 27.1 Å². The number of sulfone groups is 1. The first-order valence-corrected chi connectivity index (χ1v) is 11.0. The Labute approximate surface area is 167 Å². The van der Waals surface area contributed by atoms with Crippen molar-refractivity contribution in [1.82, 2.24) is 4.98 Å². The highest BCUT2D eigenvalue weighted by molar-refractivity contribution is 7.91. The van der Waals surface area contributed by atoms with E-state index in [0.29, 0.717) is 12.4 Å². The van der Waals surface area contributed by atoms with Crippen molar-refractivity contribution in [2.24, 2.45) is 0 Å². The summed E-state index contributed by atoms with van der Waals surface area (Å²) >= 11 is 1.45. The molecule has 0 unspecified atom stereocenters. The minimum absolute atomic E-state index is 0.0690. The zero-order chi connectivity index (χ0) is 19.6. The van der Waals surface area contributed by atoms with Gasteiger partial charge in [0.05, 0.1) is 9.77 Å². The Morgan fingerprint density at radius 1 is 0.964 bits per heavy atom. The average Bonchev–Trinajstić information content (AvgIpc) is 3.39. The minimum Gasteiger partial charge on any atom is -0.418 e. The molecule has 28 heavy (non-hydrogen) atoms. The molecule has 4 aromatic rings. The van der Waals surface area contributed by atoms with Crippen molar-refractivity contribution in [3.8, 4) is 10.8 Å². The number of thiophene rings is 1. The number of nitrogens with zero attached hydrogens (tertiary/aromatic N) is 2. The molecule has 0 aliphatic heterocycles. The minimum atomic E-state index is -3.82. The van der Waals surface area contributed by atoms with Crippen LogP contribution in [0.15, 0.2) is 92.5 Å². The van der Waals surface area contributed by atoms with Gasteiger partial charge in [-0.1, -0.05) is 54.6 Å². The molecule has 5 nitrogen and oxygen atoms in total. The lowest BCUT2D eigenvalue weighted by Gasteiger charge is -2.17. The van der Waals surface area contributed by atoms with Gasteiger partial charge in [-0.25, -0.2) is 8.42 Å². The molecular formula is C21H18N2O3S2. The third kappa shape index (κ3) is 3.58. The van der Waals surface area contributed by atoms with Crippen molar-refractivity contribution in [3.05, 3.63) is 83.7 Å². The maximum atomic E-state index is 13.2. The lowest BCUT2D eigenvalue weighted by molar-refractivity contribution is 0.555. The average molecular weight is 411 g/mol. The number of anilines is 1. The Morgan fingerprint density at radius 3 is 2.29 bits per heavy atom. The molecule has 0 N–H and O–H groups in total. The molecule has 2 aromatic carbocycles. The maximum absolute atomic E-state index is 13.2. The van der Waals surface area contributed by atoms with Crippen molar-refractivity contribution in [3.63, 3.8) is 0 Å². The van der Waals surface area contributed by atoms with E-state index in [9.17, 15) is 8.42 Å². The van der Waals surface area contributed by atoms with Crippen molar-refractivity contribution in [2.45, 2.75) is 16.5 Å². The van der Waals surface area contributed by atoms with Crippen LogP contribution < -0.4 is 4.90 Å². The highest BCUT2D eigenvalue weighted by Crippen LogP contribution is 2.36. The second kappa shape index (κ2) is 7.61. The van der Waals surface area contributed by atoms with Crippen molar-refractivity contribution in [1.29, 1.82) is 0 Å². The van der Waals surface area contributed by atoms with Crippen LogP contribution in [0.25, 0.3) is 10.8 Å². The first kappa shape index (κ1) is 18.5. The molecule has 142 valence electrons. The molecule has 0 atom stereocenters. The van der Waals surface area contributed by atoms with Gasteiger partial charge in [0.15, 0.2) is 0 Å². The van der Waals surface area contributed by atoms with Crippen LogP contribution in [0.5, 0.6) is 0 Å². The molecule has 0 aliphatic carbocycles. The Balaban J connectivity index is 1.80. The number of hydrogen-bond donors (Lipinski definition) is 0. The quantitative estimate of drug-likeness (QED) is 0.454. The Bertz CT molecular complexity index is 1150. The van der Waals surface area contributed by atoms with Gasteiger partial charge in [-0.2, -0.15) is 4.98 Å². The van der Waals surface area contributed by atoms with E-state index in [0.717, 1.165) is 10.4 Å². The Morgan fingerprint density at radius 2 is 1.64 bits per heavy atom. The van der Waals surface area contributed by atoms with Gasteiger partial charge < -0.3 is 9.32 Å². The van der Waals surface area contributed by atoms with Gasteiger partial charge in [0, 0.05) is 13.6 Å². The zero-order valence-electron chi connectivity index (χ0n) is 15.1. The Kier molecular flexibility index (Phi) is 5.02. The largest absolute Gasteiger partial charge is 0.418 e. The summed E-state index contributed by atoms with van der Waals surface area (Å²) in [7, 11) is -2.02. The first-order chi connectivity index (χ1) is 13.6. The fourth-order valence-electron chi connectivity index (χ4n) is 2.86.